The van der Waals surface area contributed by atoms with Crippen molar-refractivity contribution in [2.24, 2.45) is 0 Å². The molecule has 3 nitrogen and oxygen atoms in total. The van der Waals surface area contributed by atoms with E-state index in [0.717, 1.165) is 39.2 Å². The van der Waals surface area contributed by atoms with Gasteiger partial charge in [-0.25, -0.2) is 0 Å². The van der Waals surface area contributed by atoms with Gasteiger partial charge in [0.15, 0.2) is 0 Å². The lowest BCUT2D eigenvalue weighted by atomic mass is 9.77. The lowest BCUT2D eigenvalue weighted by Crippen LogP contribution is -2.41. The summed E-state index contributed by atoms with van der Waals surface area (Å²) >= 11 is 0. The van der Waals surface area contributed by atoms with Gasteiger partial charge >= 0.3 is 7.12 Å². The van der Waals surface area contributed by atoms with Crippen LogP contribution in [0.25, 0.3) is 33.4 Å². The van der Waals surface area contributed by atoms with Gasteiger partial charge in [-0.05, 0) is 62.0 Å². The maximum atomic E-state index is 6.39. The van der Waals surface area contributed by atoms with E-state index in [1.165, 1.54) is 11.1 Å². The van der Waals surface area contributed by atoms with Crippen LogP contribution in [0.3, 0.4) is 0 Å². The molecule has 2 aliphatic rings. The summed E-state index contributed by atoms with van der Waals surface area (Å²) in [5.41, 5.74) is 7.07. The predicted molar refractivity (Wildman–Crippen MR) is 139 cm³/mol. The van der Waals surface area contributed by atoms with Crippen molar-refractivity contribution in [3.8, 4) is 44.9 Å². The number of rotatable bonds is 2. The van der Waals surface area contributed by atoms with E-state index in [9.17, 15) is 0 Å². The van der Waals surface area contributed by atoms with Crippen LogP contribution in [-0.2, 0) is 9.31 Å². The summed E-state index contributed by atoms with van der Waals surface area (Å²) in [5, 5.41) is 0. The molecule has 6 rings (SSSR count). The van der Waals surface area contributed by atoms with Crippen LogP contribution in [0.4, 0.5) is 0 Å². The van der Waals surface area contributed by atoms with Crippen molar-refractivity contribution >= 4 is 12.6 Å². The van der Waals surface area contributed by atoms with Crippen LogP contribution >= 0.6 is 0 Å². The van der Waals surface area contributed by atoms with E-state index in [-0.39, 0.29) is 11.2 Å². The van der Waals surface area contributed by atoms with Gasteiger partial charge in [0.2, 0.25) is 0 Å². The largest absolute Gasteiger partial charge is 0.494 e. The van der Waals surface area contributed by atoms with E-state index >= 15 is 0 Å². The molecule has 34 heavy (non-hydrogen) atoms. The molecule has 0 unspecified atom stereocenters. The molecule has 4 aromatic carbocycles. The van der Waals surface area contributed by atoms with Crippen LogP contribution in [0.15, 0.2) is 91.0 Å². The first-order valence-electron chi connectivity index (χ1n) is 11.8. The monoisotopic (exact) mass is 446 g/mol. The highest BCUT2D eigenvalue weighted by Crippen LogP contribution is 2.49. The minimum atomic E-state index is -0.399. The highest BCUT2D eigenvalue weighted by Gasteiger charge is 2.51. The number of benzene rings is 4. The van der Waals surface area contributed by atoms with Gasteiger partial charge in [-0.15, -0.1) is 0 Å². The van der Waals surface area contributed by atoms with Crippen molar-refractivity contribution in [1.29, 1.82) is 0 Å². The molecule has 0 aromatic heterocycles. The Morgan fingerprint density at radius 2 is 1.12 bits per heavy atom. The Bertz CT molecular complexity index is 1390. The van der Waals surface area contributed by atoms with E-state index in [1.807, 2.05) is 24.3 Å². The van der Waals surface area contributed by atoms with Gasteiger partial charge in [-0.2, -0.15) is 0 Å². The van der Waals surface area contributed by atoms with Gasteiger partial charge in [0.1, 0.15) is 11.5 Å². The molecule has 2 aliphatic heterocycles. The Hall–Kier alpha value is -3.34. The van der Waals surface area contributed by atoms with Crippen molar-refractivity contribution < 1.29 is 14.0 Å². The van der Waals surface area contributed by atoms with Gasteiger partial charge in [-0.1, -0.05) is 78.9 Å². The zero-order chi connectivity index (χ0) is 23.5. The second-order valence-electron chi connectivity index (χ2n) is 10.0. The van der Waals surface area contributed by atoms with Crippen molar-refractivity contribution in [2.45, 2.75) is 38.9 Å². The normalized spacial score (nSPS) is 17.2. The molecule has 0 N–H and O–H groups in total. The molecule has 0 atom stereocenters. The van der Waals surface area contributed by atoms with Crippen molar-refractivity contribution in [2.75, 3.05) is 0 Å². The first-order chi connectivity index (χ1) is 16.3. The molecule has 0 saturated carbocycles. The lowest BCUT2D eigenvalue weighted by molar-refractivity contribution is 0.00578. The zero-order valence-corrected chi connectivity index (χ0v) is 20.0. The molecule has 0 spiro atoms. The summed E-state index contributed by atoms with van der Waals surface area (Å²) in [6.45, 7) is 8.34. The summed E-state index contributed by atoms with van der Waals surface area (Å²) in [6.07, 6.45) is 0. The van der Waals surface area contributed by atoms with Crippen LogP contribution in [-0.4, -0.2) is 18.3 Å². The highest BCUT2D eigenvalue weighted by molar-refractivity contribution is 6.62. The lowest BCUT2D eigenvalue weighted by Gasteiger charge is -2.32. The Balaban J connectivity index is 1.53. The second kappa shape index (κ2) is 7.59. The Labute approximate surface area is 201 Å². The molecule has 0 bridgehead atoms. The Morgan fingerprint density at radius 1 is 0.559 bits per heavy atom. The SMILES string of the molecule is CC1(C)OB(c2cccc(-c3cccc4c3-c3ccccc3Oc3ccccc3-4)c2)OC1(C)C. The number of fused-ring (bicyclic) bond motifs is 5. The van der Waals surface area contributed by atoms with E-state index in [0.29, 0.717) is 0 Å². The van der Waals surface area contributed by atoms with Gasteiger partial charge < -0.3 is 14.0 Å². The molecule has 1 saturated heterocycles. The Kier molecular flexibility index (Phi) is 4.74. The number of hydrogen-bond acceptors (Lipinski definition) is 3. The van der Waals surface area contributed by atoms with E-state index < -0.39 is 7.12 Å². The molecule has 2 heterocycles. The van der Waals surface area contributed by atoms with Gasteiger partial charge in [0.05, 0.1) is 11.2 Å². The smallest absolute Gasteiger partial charge is 0.456 e. The molecule has 168 valence electrons. The molecular formula is C30H27BO3. The highest BCUT2D eigenvalue weighted by atomic mass is 16.7. The third-order valence-corrected chi connectivity index (χ3v) is 7.34. The number of para-hydroxylation sites is 2. The molecule has 0 amide bonds. The molecule has 1 fully saturated rings. The molecule has 4 heteroatoms. The van der Waals surface area contributed by atoms with Crippen LogP contribution in [0.5, 0.6) is 11.5 Å². The van der Waals surface area contributed by atoms with Crippen LogP contribution in [0.1, 0.15) is 27.7 Å². The van der Waals surface area contributed by atoms with E-state index in [1.54, 1.807) is 0 Å². The number of hydrogen-bond donors (Lipinski definition) is 0. The first kappa shape index (κ1) is 21.2. The third-order valence-electron chi connectivity index (χ3n) is 7.34. The molecule has 0 radical (unpaired) electrons. The maximum Gasteiger partial charge on any atom is 0.494 e. The third kappa shape index (κ3) is 3.29. The summed E-state index contributed by atoms with van der Waals surface area (Å²) in [7, 11) is -0.399. The first-order valence-corrected chi connectivity index (χ1v) is 11.8. The topological polar surface area (TPSA) is 27.7 Å². The second-order valence-corrected chi connectivity index (χ2v) is 10.0. The van der Waals surface area contributed by atoms with Gasteiger partial charge in [-0.3, -0.25) is 0 Å². The van der Waals surface area contributed by atoms with Crippen molar-refractivity contribution in [3.63, 3.8) is 0 Å². The standard InChI is InChI=1S/C30H27BO3/c1-29(2)30(3,4)34-31(33-29)21-12-9-11-20(19-21)22-15-10-16-24-23-13-5-7-17-26(23)32-27-18-8-6-14-25(27)28(22)24/h5-19H,1-4H3. The minimum Gasteiger partial charge on any atom is -0.456 e. The fraction of sp³-hybridized carbons (Fsp3) is 0.200. The predicted octanol–water partition coefficient (Wildman–Crippen LogP) is 7.09. The summed E-state index contributed by atoms with van der Waals surface area (Å²) in [6, 6.07) is 31.5. The van der Waals surface area contributed by atoms with E-state index in [2.05, 4.69) is 94.4 Å². The van der Waals surface area contributed by atoms with Crippen LogP contribution in [0.2, 0.25) is 0 Å². The summed E-state index contributed by atoms with van der Waals surface area (Å²) in [5.74, 6) is 1.74. The molecular weight excluding hydrogens is 419 g/mol. The fourth-order valence-corrected chi connectivity index (χ4v) is 4.80. The van der Waals surface area contributed by atoms with Crippen LogP contribution in [0, 0.1) is 0 Å². The van der Waals surface area contributed by atoms with Crippen molar-refractivity contribution in [1.82, 2.24) is 0 Å². The average molecular weight is 446 g/mol. The van der Waals surface area contributed by atoms with E-state index in [4.69, 9.17) is 14.0 Å². The van der Waals surface area contributed by atoms with Crippen LogP contribution < -0.4 is 10.2 Å². The van der Waals surface area contributed by atoms with Gasteiger partial charge in [0.25, 0.3) is 0 Å². The summed E-state index contributed by atoms with van der Waals surface area (Å²) < 4.78 is 19.1. The van der Waals surface area contributed by atoms with Crippen molar-refractivity contribution in [3.05, 3.63) is 91.0 Å². The maximum absolute atomic E-state index is 6.39. The minimum absolute atomic E-state index is 0.377. The quantitative estimate of drug-likeness (QED) is 0.271. The zero-order valence-electron chi connectivity index (χ0n) is 20.0. The Morgan fingerprint density at radius 3 is 1.85 bits per heavy atom. The fourth-order valence-electron chi connectivity index (χ4n) is 4.80. The number of ether oxygens (including phenoxy) is 1. The summed E-state index contributed by atoms with van der Waals surface area (Å²) in [4.78, 5) is 0. The van der Waals surface area contributed by atoms with Gasteiger partial charge in [0, 0.05) is 16.7 Å². The molecule has 4 aromatic rings. The average Bonchev–Trinajstić information content (AvgIpc) is 2.97. The molecule has 0 aliphatic carbocycles.